The number of rotatable bonds is 3. The number of halogens is 2. The minimum Gasteiger partial charge on any atom is -1.00 e. The van der Waals surface area contributed by atoms with E-state index in [2.05, 4.69) is 30.4 Å². The van der Waals surface area contributed by atoms with Crippen LogP contribution >= 0.6 is 0 Å². The molecular formula is C17H22Cl2Zr. The normalized spacial score (nSPS) is 21.9. The minimum atomic E-state index is -0.427. The molecule has 0 radical (unpaired) electrons. The summed E-state index contributed by atoms with van der Waals surface area (Å²) in [5.74, 6) is 0.914. The van der Waals surface area contributed by atoms with Crippen LogP contribution in [0.4, 0.5) is 0 Å². The second-order valence-electron chi connectivity index (χ2n) is 5.68. The molecule has 0 bridgehead atoms. The largest absolute Gasteiger partial charge is 1.00 e. The molecule has 0 nitrogen and oxygen atoms in total. The molecule has 0 aliphatic heterocycles. The maximum atomic E-state index is 2.48. The number of allylic oxidation sites excluding steroid dienone is 8. The van der Waals surface area contributed by atoms with Crippen LogP contribution in [0.5, 0.6) is 0 Å². The van der Waals surface area contributed by atoms with Gasteiger partial charge in [-0.2, -0.15) is 0 Å². The first-order chi connectivity index (χ1) is 8.93. The Labute approximate surface area is 147 Å². The van der Waals surface area contributed by atoms with E-state index in [1.807, 2.05) is 3.28 Å². The van der Waals surface area contributed by atoms with Gasteiger partial charge in [-0.3, -0.25) is 0 Å². The quantitative estimate of drug-likeness (QED) is 0.550. The number of hydrogen-bond acceptors (Lipinski definition) is 0. The zero-order chi connectivity index (χ0) is 12.2. The first-order valence-corrected chi connectivity index (χ1v) is 9.91. The smallest absolute Gasteiger partial charge is 1.00 e. The molecule has 20 heavy (non-hydrogen) atoms. The van der Waals surface area contributed by atoms with Gasteiger partial charge in [-0.15, -0.1) is 0 Å². The number of hydrogen-bond donors (Lipinski definition) is 0. The molecule has 0 saturated heterocycles. The molecule has 0 aromatic carbocycles. The van der Waals surface area contributed by atoms with Gasteiger partial charge in [0.25, 0.3) is 0 Å². The summed E-state index contributed by atoms with van der Waals surface area (Å²) in [7, 11) is 0. The predicted molar refractivity (Wildman–Crippen MR) is 73.8 cm³/mol. The maximum Gasteiger partial charge on any atom is -1.00 e. The molecule has 0 aromatic rings. The molecule has 0 amide bonds. The Bertz CT molecular complexity index is 424. The first kappa shape index (κ1) is 18.5. The van der Waals surface area contributed by atoms with Crippen LogP contribution in [0, 0.1) is 5.92 Å². The molecule has 3 rings (SSSR count). The van der Waals surface area contributed by atoms with Crippen molar-refractivity contribution in [3.63, 3.8) is 0 Å². The van der Waals surface area contributed by atoms with E-state index < -0.39 is 23.2 Å². The average molecular weight is 388 g/mol. The fourth-order valence-corrected chi connectivity index (χ4v) is 6.89. The molecule has 0 spiro atoms. The first-order valence-electron chi connectivity index (χ1n) is 7.46. The second kappa shape index (κ2) is 9.44. The summed E-state index contributed by atoms with van der Waals surface area (Å²) in [5, 5.41) is 0. The summed E-state index contributed by atoms with van der Waals surface area (Å²) in [6, 6.07) is 0. The van der Waals surface area contributed by atoms with Gasteiger partial charge in [0.05, 0.1) is 0 Å². The Balaban J connectivity index is 0.000001000. The Morgan fingerprint density at radius 1 is 0.900 bits per heavy atom. The molecule has 0 heterocycles. The average Bonchev–Trinajstić information content (AvgIpc) is 2.97. The minimum absolute atomic E-state index is 0. The topological polar surface area (TPSA) is 0 Å². The van der Waals surface area contributed by atoms with Crippen molar-refractivity contribution in [3.05, 3.63) is 42.5 Å². The van der Waals surface area contributed by atoms with Crippen LogP contribution in [0.15, 0.2) is 42.5 Å². The summed E-state index contributed by atoms with van der Waals surface area (Å²) in [4.78, 5) is 0. The van der Waals surface area contributed by atoms with Gasteiger partial charge in [0.15, 0.2) is 0 Å². The zero-order valence-corrected chi connectivity index (χ0v) is 15.8. The molecule has 0 N–H and O–H groups in total. The molecule has 0 unspecified atom stereocenters. The van der Waals surface area contributed by atoms with Crippen molar-refractivity contribution in [2.75, 3.05) is 0 Å². The van der Waals surface area contributed by atoms with Gasteiger partial charge < -0.3 is 24.8 Å². The monoisotopic (exact) mass is 386 g/mol. The summed E-state index contributed by atoms with van der Waals surface area (Å²) < 4.78 is 3.67. The summed E-state index contributed by atoms with van der Waals surface area (Å²) in [5.41, 5.74) is 1.79. The van der Waals surface area contributed by atoms with Crippen LogP contribution in [0.2, 0.25) is 0 Å². The van der Waals surface area contributed by atoms with Crippen LogP contribution < -0.4 is 24.8 Å². The maximum absolute atomic E-state index is 2.48. The summed E-state index contributed by atoms with van der Waals surface area (Å²) in [6.45, 7) is 0. The third-order valence-corrected chi connectivity index (χ3v) is 8.00. The van der Waals surface area contributed by atoms with E-state index in [-0.39, 0.29) is 24.8 Å². The summed E-state index contributed by atoms with van der Waals surface area (Å²) in [6.07, 6.45) is 23.2. The molecule has 3 aliphatic rings. The van der Waals surface area contributed by atoms with Gasteiger partial charge in [0, 0.05) is 0 Å². The molecule has 0 atom stereocenters. The molecule has 1 saturated carbocycles. The molecule has 1 fully saturated rings. The van der Waals surface area contributed by atoms with Gasteiger partial charge in [0.2, 0.25) is 0 Å². The van der Waals surface area contributed by atoms with E-state index in [4.69, 9.17) is 0 Å². The van der Waals surface area contributed by atoms with Crippen molar-refractivity contribution in [1.29, 1.82) is 0 Å². The van der Waals surface area contributed by atoms with Crippen molar-refractivity contribution >= 4 is 0 Å². The van der Waals surface area contributed by atoms with Crippen LogP contribution in [0.1, 0.15) is 51.4 Å². The van der Waals surface area contributed by atoms with E-state index >= 15 is 0 Å². The summed E-state index contributed by atoms with van der Waals surface area (Å²) >= 11 is -0.427. The van der Waals surface area contributed by atoms with E-state index in [9.17, 15) is 0 Å². The third-order valence-electron chi connectivity index (χ3n) is 4.35. The molecule has 0 aromatic heterocycles. The van der Waals surface area contributed by atoms with Gasteiger partial charge in [-0.25, -0.2) is 0 Å². The molecule has 3 aliphatic carbocycles. The van der Waals surface area contributed by atoms with Gasteiger partial charge in [0.1, 0.15) is 0 Å². The Morgan fingerprint density at radius 2 is 1.65 bits per heavy atom. The molecule has 3 heteroatoms. The van der Waals surface area contributed by atoms with Crippen molar-refractivity contribution in [1.82, 2.24) is 0 Å². The van der Waals surface area contributed by atoms with Crippen LogP contribution in [-0.2, 0) is 23.2 Å². The fourth-order valence-electron chi connectivity index (χ4n) is 3.35. The SMILES string of the molecule is C1=CC[C]([Zr+2][C]2=C(C3CCCCCC3)C=CC2)=C1.[Cl-].[Cl-]. The fraction of sp³-hybridized carbons (Fsp3) is 0.529. The Morgan fingerprint density at radius 3 is 2.30 bits per heavy atom. The van der Waals surface area contributed by atoms with Crippen LogP contribution in [0.3, 0.4) is 0 Å². The van der Waals surface area contributed by atoms with Crippen LogP contribution in [-0.4, -0.2) is 0 Å². The predicted octanol–water partition coefficient (Wildman–Crippen LogP) is -0.895. The standard InChI is InChI=1S/C12H17.C5H5.2ClH.Zr/c1-2-4-8-11(7-3-1)12-9-5-6-10-12;1-2-4-5-3-1;;;/h5,9,11H,1-4,6-8H2;1-3H,4H2;2*1H;/q;;;;+2/p-2. The Kier molecular flexibility index (Phi) is 8.72. The molecular weight excluding hydrogens is 366 g/mol. The van der Waals surface area contributed by atoms with E-state index in [1.165, 1.54) is 51.4 Å². The van der Waals surface area contributed by atoms with Gasteiger partial charge in [-0.05, 0) is 0 Å². The third kappa shape index (κ3) is 4.72. The second-order valence-corrected chi connectivity index (χ2v) is 9.35. The van der Waals surface area contributed by atoms with E-state index in [1.54, 1.807) is 8.85 Å². The Hall–Kier alpha value is 0.423. The van der Waals surface area contributed by atoms with E-state index in [0.29, 0.717) is 0 Å². The molecule has 108 valence electrons. The van der Waals surface area contributed by atoms with Crippen LogP contribution in [0.25, 0.3) is 0 Å². The van der Waals surface area contributed by atoms with Gasteiger partial charge in [-0.1, -0.05) is 0 Å². The van der Waals surface area contributed by atoms with E-state index in [0.717, 1.165) is 5.92 Å². The van der Waals surface area contributed by atoms with Crippen molar-refractivity contribution in [2.45, 2.75) is 51.4 Å². The van der Waals surface area contributed by atoms with Crippen molar-refractivity contribution in [2.24, 2.45) is 5.92 Å². The zero-order valence-electron chi connectivity index (χ0n) is 11.9. The van der Waals surface area contributed by atoms with Crippen molar-refractivity contribution < 1.29 is 48.0 Å². The van der Waals surface area contributed by atoms with Gasteiger partial charge >= 0.3 is 123 Å². The van der Waals surface area contributed by atoms with Crippen molar-refractivity contribution in [3.8, 4) is 0 Å².